The summed E-state index contributed by atoms with van der Waals surface area (Å²) in [4.78, 5) is 27.4. The van der Waals surface area contributed by atoms with Gasteiger partial charge in [0.2, 0.25) is 0 Å². The van der Waals surface area contributed by atoms with Crippen molar-refractivity contribution in [3.8, 4) is 11.5 Å². The highest BCUT2D eigenvalue weighted by Gasteiger charge is 2.34. The van der Waals surface area contributed by atoms with Gasteiger partial charge >= 0.3 is 0 Å². The molecule has 2 amide bonds. The number of thioether (sulfide) groups is 1. The minimum absolute atomic E-state index is 0.0190. The molecule has 1 atom stereocenters. The Morgan fingerprint density at radius 2 is 2.08 bits per heavy atom. The van der Waals surface area contributed by atoms with Gasteiger partial charge in [-0.25, -0.2) is 0 Å². The van der Waals surface area contributed by atoms with Crippen LogP contribution in [0.3, 0.4) is 0 Å². The van der Waals surface area contributed by atoms with Crippen molar-refractivity contribution in [3.63, 3.8) is 0 Å². The Balaban J connectivity index is 1.46. The van der Waals surface area contributed by atoms with Crippen molar-refractivity contribution in [1.29, 1.82) is 0 Å². The van der Waals surface area contributed by atoms with Crippen molar-refractivity contribution in [2.75, 3.05) is 31.7 Å². The lowest BCUT2D eigenvalue weighted by Gasteiger charge is -2.18. The molecule has 0 radical (unpaired) electrons. The van der Waals surface area contributed by atoms with Gasteiger partial charge in [-0.1, -0.05) is 53.3 Å². The fourth-order valence-corrected chi connectivity index (χ4v) is 5.40. The van der Waals surface area contributed by atoms with Crippen molar-refractivity contribution in [1.82, 2.24) is 4.90 Å². The highest BCUT2D eigenvalue weighted by Crippen LogP contribution is 2.39. The Morgan fingerprint density at radius 3 is 2.78 bits per heavy atom. The predicted octanol–water partition coefficient (Wildman–Crippen LogP) is 5.44. The van der Waals surface area contributed by atoms with Crippen LogP contribution in [0.2, 0.25) is 5.02 Å². The predicted molar refractivity (Wildman–Crippen MR) is 147 cm³/mol. The van der Waals surface area contributed by atoms with Gasteiger partial charge in [0.05, 0.1) is 29.2 Å². The molecule has 2 heterocycles. The SMILES string of the molecule is CCOc1cc(/C=C2\SC(=S)N(C[C@@H]3CCCO3)C2=O)cc(Cl)c1OCC(=O)Nc1ccc(C)cc1. The van der Waals surface area contributed by atoms with E-state index in [-0.39, 0.29) is 35.3 Å². The van der Waals surface area contributed by atoms with E-state index in [0.29, 0.717) is 39.4 Å². The third-order valence-electron chi connectivity index (χ3n) is 5.60. The van der Waals surface area contributed by atoms with Gasteiger partial charge in [-0.2, -0.15) is 0 Å². The van der Waals surface area contributed by atoms with Crippen molar-refractivity contribution in [2.45, 2.75) is 32.8 Å². The molecule has 0 aliphatic carbocycles. The van der Waals surface area contributed by atoms with E-state index >= 15 is 0 Å². The number of thiocarbonyl (C=S) groups is 1. The summed E-state index contributed by atoms with van der Waals surface area (Å²) in [5, 5.41) is 3.05. The van der Waals surface area contributed by atoms with E-state index in [0.717, 1.165) is 25.0 Å². The molecular weight excluding hydrogens is 520 g/mol. The van der Waals surface area contributed by atoms with Gasteiger partial charge < -0.3 is 19.5 Å². The number of hydrogen-bond donors (Lipinski definition) is 1. The first-order valence-electron chi connectivity index (χ1n) is 11.7. The van der Waals surface area contributed by atoms with Crippen LogP contribution in [0.15, 0.2) is 41.3 Å². The van der Waals surface area contributed by atoms with Crippen LogP contribution in [-0.4, -0.2) is 53.5 Å². The lowest BCUT2D eigenvalue weighted by atomic mass is 10.1. The summed E-state index contributed by atoms with van der Waals surface area (Å²) >= 11 is 13.2. The Kier molecular flexibility index (Phi) is 8.90. The third-order valence-corrected chi connectivity index (χ3v) is 7.25. The fraction of sp³-hybridized carbons (Fsp3) is 0.346. The molecule has 0 aromatic heterocycles. The summed E-state index contributed by atoms with van der Waals surface area (Å²) in [5.74, 6) is 0.175. The third kappa shape index (κ3) is 6.59. The van der Waals surface area contributed by atoms with Crippen molar-refractivity contribution < 1.29 is 23.8 Å². The normalized spacial score (nSPS) is 18.7. The van der Waals surface area contributed by atoms with Crippen LogP contribution in [0.25, 0.3) is 6.08 Å². The van der Waals surface area contributed by atoms with Gasteiger partial charge in [0.1, 0.15) is 4.32 Å². The molecule has 1 N–H and O–H groups in total. The molecule has 2 fully saturated rings. The largest absolute Gasteiger partial charge is 0.490 e. The summed E-state index contributed by atoms with van der Waals surface area (Å²) in [6.45, 7) is 5.12. The zero-order chi connectivity index (χ0) is 25.7. The maximum Gasteiger partial charge on any atom is 0.266 e. The van der Waals surface area contributed by atoms with Gasteiger partial charge in [0, 0.05) is 12.3 Å². The smallest absolute Gasteiger partial charge is 0.266 e. The van der Waals surface area contributed by atoms with Gasteiger partial charge in [-0.15, -0.1) is 0 Å². The molecule has 10 heteroatoms. The first-order chi connectivity index (χ1) is 17.3. The second-order valence-electron chi connectivity index (χ2n) is 8.39. The van der Waals surface area contributed by atoms with Gasteiger partial charge in [0.25, 0.3) is 11.8 Å². The Labute approximate surface area is 225 Å². The van der Waals surface area contributed by atoms with Crippen molar-refractivity contribution in [2.24, 2.45) is 0 Å². The summed E-state index contributed by atoms with van der Waals surface area (Å²) in [6, 6.07) is 10.9. The molecule has 0 saturated carbocycles. The van der Waals surface area contributed by atoms with Crippen LogP contribution in [0.1, 0.15) is 30.9 Å². The minimum atomic E-state index is -0.323. The number of carbonyl (C=O) groups is 2. The van der Waals surface area contributed by atoms with E-state index < -0.39 is 0 Å². The minimum Gasteiger partial charge on any atom is -0.490 e. The standard InChI is InChI=1S/C26H27ClN2O5S2/c1-3-32-21-12-17(13-22-25(31)29(26(35)36-22)14-19-5-4-10-33-19)11-20(27)24(21)34-15-23(30)28-18-8-6-16(2)7-9-18/h6-9,11-13,19H,3-5,10,14-15H2,1-2H3,(H,28,30)/b22-13-/t19-/m0/s1. The van der Waals surface area contributed by atoms with Gasteiger partial charge in [-0.3, -0.25) is 14.5 Å². The number of rotatable bonds is 9. The molecule has 7 nitrogen and oxygen atoms in total. The molecular formula is C26H27ClN2O5S2. The summed E-state index contributed by atoms with van der Waals surface area (Å²) in [6.07, 6.45) is 3.67. The molecule has 36 heavy (non-hydrogen) atoms. The maximum atomic E-state index is 13.0. The number of halogens is 1. The van der Waals surface area contributed by atoms with E-state index in [4.69, 9.17) is 38.0 Å². The summed E-state index contributed by atoms with van der Waals surface area (Å²) in [7, 11) is 0. The van der Waals surface area contributed by atoms with Crippen molar-refractivity contribution >= 4 is 63.5 Å². The molecule has 2 aromatic rings. The van der Waals surface area contributed by atoms with Crippen LogP contribution in [-0.2, 0) is 14.3 Å². The monoisotopic (exact) mass is 546 g/mol. The van der Waals surface area contributed by atoms with E-state index in [1.165, 1.54) is 11.8 Å². The number of nitrogens with one attached hydrogen (secondary N) is 1. The van der Waals surface area contributed by atoms with Crippen LogP contribution in [0.4, 0.5) is 5.69 Å². The number of amides is 2. The van der Waals surface area contributed by atoms with Crippen LogP contribution < -0.4 is 14.8 Å². The lowest BCUT2D eigenvalue weighted by Crippen LogP contribution is -2.35. The van der Waals surface area contributed by atoms with Crippen LogP contribution in [0.5, 0.6) is 11.5 Å². The average Bonchev–Trinajstić information content (AvgIpc) is 3.44. The first kappa shape index (κ1) is 26.5. The van der Waals surface area contributed by atoms with E-state index in [2.05, 4.69) is 5.32 Å². The number of anilines is 1. The molecule has 2 saturated heterocycles. The zero-order valence-corrected chi connectivity index (χ0v) is 22.4. The van der Waals surface area contributed by atoms with Crippen LogP contribution in [0, 0.1) is 6.92 Å². The van der Waals surface area contributed by atoms with E-state index in [1.807, 2.05) is 38.1 Å². The Morgan fingerprint density at radius 1 is 1.31 bits per heavy atom. The molecule has 0 unspecified atom stereocenters. The molecule has 190 valence electrons. The summed E-state index contributed by atoms with van der Waals surface area (Å²) < 4.78 is 17.6. The summed E-state index contributed by atoms with van der Waals surface area (Å²) in [5.41, 5.74) is 2.44. The molecule has 0 spiro atoms. The zero-order valence-electron chi connectivity index (χ0n) is 20.0. The number of benzene rings is 2. The number of carbonyl (C=O) groups excluding carboxylic acids is 2. The first-order valence-corrected chi connectivity index (χ1v) is 13.3. The molecule has 0 bridgehead atoms. The second kappa shape index (κ2) is 12.1. The van der Waals surface area contributed by atoms with Crippen molar-refractivity contribution in [3.05, 3.63) is 57.5 Å². The molecule has 4 rings (SSSR count). The lowest BCUT2D eigenvalue weighted by molar-refractivity contribution is -0.123. The van der Waals surface area contributed by atoms with Gasteiger partial charge in [-0.05, 0) is 62.6 Å². The van der Waals surface area contributed by atoms with E-state index in [1.54, 1.807) is 23.1 Å². The number of aryl methyl sites for hydroxylation is 1. The Bertz CT molecular complexity index is 1180. The number of ether oxygens (including phenoxy) is 3. The highest BCUT2D eigenvalue weighted by molar-refractivity contribution is 8.26. The fourth-order valence-electron chi connectivity index (χ4n) is 3.85. The highest BCUT2D eigenvalue weighted by atomic mass is 35.5. The second-order valence-corrected chi connectivity index (χ2v) is 10.5. The quantitative estimate of drug-likeness (QED) is 0.331. The average molecular weight is 547 g/mol. The number of hydrogen-bond acceptors (Lipinski definition) is 7. The van der Waals surface area contributed by atoms with Gasteiger partial charge in [0.15, 0.2) is 18.1 Å². The Hall–Kier alpha value is -2.59. The topological polar surface area (TPSA) is 77.1 Å². The number of nitrogens with zero attached hydrogens (tertiary/aromatic N) is 1. The molecule has 2 aliphatic rings. The molecule has 2 aliphatic heterocycles. The maximum absolute atomic E-state index is 13.0. The van der Waals surface area contributed by atoms with Crippen LogP contribution >= 0.6 is 35.6 Å². The molecule has 2 aromatic carbocycles. The van der Waals surface area contributed by atoms with E-state index in [9.17, 15) is 9.59 Å².